The van der Waals surface area contributed by atoms with E-state index in [1.54, 1.807) is 6.92 Å². The van der Waals surface area contributed by atoms with Gasteiger partial charge in [0.1, 0.15) is 6.67 Å². The maximum atomic E-state index is 12.0. The summed E-state index contributed by atoms with van der Waals surface area (Å²) in [4.78, 5) is 10.9. The SMILES string of the molecule is CC(Cc1ccccc1)C(=O)CF. The third kappa shape index (κ3) is 2.98. The first-order chi connectivity index (χ1) is 6.24. The molecule has 1 aromatic rings. The fourth-order valence-electron chi connectivity index (χ4n) is 1.21. The van der Waals surface area contributed by atoms with Crippen LogP contribution in [-0.2, 0) is 11.2 Å². The van der Waals surface area contributed by atoms with Crippen molar-refractivity contribution in [1.82, 2.24) is 0 Å². The van der Waals surface area contributed by atoms with Gasteiger partial charge in [-0.3, -0.25) is 4.79 Å². The van der Waals surface area contributed by atoms with E-state index in [9.17, 15) is 9.18 Å². The molecule has 0 saturated heterocycles. The van der Waals surface area contributed by atoms with Crippen molar-refractivity contribution in [2.24, 2.45) is 5.92 Å². The summed E-state index contributed by atoms with van der Waals surface area (Å²) >= 11 is 0. The molecule has 0 saturated carbocycles. The number of rotatable bonds is 4. The van der Waals surface area contributed by atoms with Gasteiger partial charge in [-0.15, -0.1) is 0 Å². The van der Waals surface area contributed by atoms with Crippen molar-refractivity contribution in [3.8, 4) is 0 Å². The summed E-state index contributed by atoms with van der Waals surface area (Å²) in [6, 6.07) is 9.65. The number of benzene rings is 1. The smallest absolute Gasteiger partial charge is 0.166 e. The predicted octanol–water partition coefficient (Wildman–Crippen LogP) is 2.40. The lowest BCUT2D eigenvalue weighted by molar-refractivity contribution is -0.123. The summed E-state index contributed by atoms with van der Waals surface area (Å²) in [7, 11) is 0. The van der Waals surface area contributed by atoms with E-state index >= 15 is 0 Å². The minimum atomic E-state index is -0.853. The summed E-state index contributed by atoms with van der Waals surface area (Å²) < 4.78 is 12.0. The number of Topliss-reactive ketones (excluding diaryl/α,β-unsaturated/α-hetero) is 1. The van der Waals surface area contributed by atoms with Crippen molar-refractivity contribution in [1.29, 1.82) is 0 Å². The van der Waals surface area contributed by atoms with E-state index in [-0.39, 0.29) is 11.7 Å². The molecule has 0 bridgehead atoms. The van der Waals surface area contributed by atoms with Crippen molar-refractivity contribution < 1.29 is 9.18 Å². The van der Waals surface area contributed by atoms with Gasteiger partial charge >= 0.3 is 0 Å². The number of hydrogen-bond donors (Lipinski definition) is 0. The van der Waals surface area contributed by atoms with E-state index in [1.807, 2.05) is 30.3 Å². The maximum Gasteiger partial charge on any atom is 0.166 e. The van der Waals surface area contributed by atoms with Gasteiger partial charge < -0.3 is 0 Å². The van der Waals surface area contributed by atoms with Crippen LogP contribution in [0.2, 0.25) is 0 Å². The molecule has 1 aromatic carbocycles. The molecule has 1 rings (SSSR count). The van der Waals surface area contributed by atoms with E-state index in [4.69, 9.17) is 0 Å². The number of ketones is 1. The average molecular weight is 180 g/mol. The molecule has 0 heterocycles. The average Bonchev–Trinajstić information content (AvgIpc) is 2.18. The van der Waals surface area contributed by atoms with Crippen LogP contribution >= 0.6 is 0 Å². The van der Waals surface area contributed by atoms with E-state index in [0.29, 0.717) is 6.42 Å². The van der Waals surface area contributed by atoms with Crippen LogP contribution in [0.15, 0.2) is 30.3 Å². The highest BCUT2D eigenvalue weighted by molar-refractivity contribution is 5.81. The fourth-order valence-corrected chi connectivity index (χ4v) is 1.21. The van der Waals surface area contributed by atoms with Crippen LogP contribution < -0.4 is 0 Å². The van der Waals surface area contributed by atoms with Crippen LogP contribution in [0.25, 0.3) is 0 Å². The normalized spacial score (nSPS) is 12.5. The molecule has 0 amide bonds. The highest BCUT2D eigenvalue weighted by Gasteiger charge is 2.12. The van der Waals surface area contributed by atoms with E-state index in [2.05, 4.69) is 0 Å². The third-order valence-corrected chi connectivity index (χ3v) is 2.07. The van der Waals surface area contributed by atoms with Gasteiger partial charge in [-0.05, 0) is 12.0 Å². The molecular formula is C11H13FO. The zero-order chi connectivity index (χ0) is 9.68. The van der Waals surface area contributed by atoms with Gasteiger partial charge in [0.15, 0.2) is 5.78 Å². The van der Waals surface area contributed by atoms with E-state index in [0.717, 1.165) is 5.56 Å². The predicted molar refractivity (Wildman–Crippen MR) is 50.3 cm³/mol. The minimum absolute atomic E-state index is 0.215. The van der Waals surface area contributed by atoms with Gasteiger partial charge in [0.25, 0.3) is 0 Å². The molecule has 13 heavy (non-hydrogen) atoms. The molecule has 0 aromatic heterocycles. The van der Waals surface area contributed by atoms with Gasteiger partial charge in [-0.1, -0.05) is 37.3 Å². The Hall–Kier alpha value is -1.18. The summed E-state index contributed by atoms with van der Waals surface area (Å²) in [5, 5.41) is 0. The Balaban J connectivity index is 2.55. The first kappa shape index (κ1) is 9.90. The molecule has 2 heteroatoms. The summed E-state index contributed by atoms with van der Waals surface area (Å²) in [5.41, 5.74) is 1.08. The van der Waals surface area contributed by atoms with Crippen molar-refractivity contribution in [2.75, 3.05) is 6.67 Å². The zero-order valence-corrected chi connectivity index (χ0v) is 7.66. The van der Waals surface area contributed by atoms with Gasteiger partial charge in [0.2, 0.25) is 0 Å². The largest absolute Gasteiger partial charge is 0.296 e. The zero-order valence-electron chi connectivity index (χ0n) is 7.66. The molecule has 0 radical (unpaired) electrons. The lowest BCUT2D eigenvalue weighted by Gasteiger charge is -2.07. The highest BCUT2D eigenvalue weighted by Crippen LogP contribution is 2.08. The summed E-state index contributed by atoms with van der Waals surface area (Å²) in [6.45, 7) is 0.906. The van der Waals surface area contributed by atoms with Gasteiger partial charge in [-0.2, -0.15) is 0 Å². The molecular weight excluding hydrogens is 167 g/mol. The van der Waals surface area contributed by atoms with Crippen LogP contribution in [0.3, 0.4) is 0 Å². The molecule has 0 N–H and O–H groups in total. The quantitative estimate of drug-likeness (QED) is 0.695. The van der Waals surface area contributed by atoms with E-state index < -0.39 is 6.67 Å². The highest BCUT2D eigenvalue weighted by atomic mass is 19.1. The number of halogens is 1. The Bertz CT molecular complexity index is 269. The minimum Gasteiger partial charge on any atom is -0.296 e. The molecule has 0 aliphatic carbocycles. The summed E-state index contributed by atoms with van der Waals surface area (Å²) in [5.74, 6) is -0.531. The van der Waals surface area contributed by atoms with Crippen molar-refractivity contribution in [2.45, 2.75) is 13.3 Å². The Morgan fingerprint density at radius 3 is 2.54 bits per heavy atom. The van der Waals surface area contributed by atoms with Crippen LogP contribution in [0.1, 0.15) is 12.5 Å². The second kappa shape index (κ2) is 4.75. The topological polar surface area (TPSA) is 17.1 Å². The van der Waals surface area contributed by atoms with Gasteiger partial charge in [0.05, 0.1) is 0 Å². The third-order valence-electron chi connectivity index (χ3n) is 2.07. The monoisotopic (exact) mass is 180 g/mol. The molecule has 1 unspecified atom stereocenters. The van der Waals surface area contributed by atoms with Gasteiger partial charge in [0, 0.05) is 5.92 Å². The lowest BCUT2D eigenvalue weighted by Crippen LogP contribution is -2.15. The lowest BCUT2D eigenvalue weighted by atomic mass is 9.98. The first-order valence-corrected chi connectivity index (χ1v) is 4.36. The van der Waals surface area contributed by atoms with E-state index in [1.165, 1.54) is 0 Å². The van der Waals surface area contributed by atoms with Crippen LogP contribution in [-0.4, -0.2) is 12.5 Å². The Morgan fingerprint density at radius 2 is 2.00 bits per heavy atom. The molecule has 0 spiro atoms. The van der Waals surface area contributed by atoms with Crippen molar-refractivity contribution in [3.05, 3.63) is 35.9 Å². The number of alkyl halides is 1. The van der Waals surface area contributed by atoms with Gasteiger partial charge in [-0.25, -0.2) is 4.39 Å². The molecule has 0 fully saturated rings. The second-order valence-electron chi connectivity index (χ2n) is 3.19. The number of carbonyl (C=O) groups excluding carboxylic acids is 1. The van der Waals surface area contributed by atoms with Crippen molar-refractivity contribution >= 4 is 5.78 Å². The Labute approximate surface area is 77.6 Å². The van der Waals surface area contributed by atoms with Crippen LogP contribution in [0, 0.1) is 5.92 Å². The molecule has 70 valence electrons. The Kier molecular flexibility index (Phi) is 3.62. The molecule has 0 aliphatic heterocycles. The fraction of sp³-hybridized carbons (Fsp3) is 0.364. The van der Waals surface area contributed by atoms with Crippen molar-refractivity contribution in [3.63, 3.8) is 0 Å². The number of carbonyl (C=O) groups is 1. The Morgan fingerprint density at radius 1 is 1.38 bits per heavy atom. The summed E-state index contributed by atoms with van der Waals surface area (Å²) in [6.07, 6.45) is 0.629. The number of hydrogen-bond acceptors (Lipinski definition) is 1. The first-order valence-electron chi connectivity index (χ1n) is 4.36. The standard InChI is InChI=1S/C11H13FO/c1-9(11(13)8-12)7-10-5-3-2-4-6-10/h2-6,9H,7-8H2,1H3. The second-order valence-corrected chi connectivity index (χ2v) is 3.19. The van der Waals surface area contributed by atoms with Crippen LogP contribution in [0.4, 0.5) is 4.39 Å². The molecule has 0 aliphatic rings. The maximum absolute atomic E-state index is 12.0. The van der Waals surface area contributed by atoms with Crippen LogP contribution in [0.5, 0.6) is 0 Å². The molecule has 1 nitrogen and oxygen atoms in total. The molecule has 1 atom stereocenters.